The van der Waals surface area contributed by atoms with Crippen LogP contribution in [0.5, 0.6) is 0 Å². The molecule has 26 heavy (non-hydrogen) atoms. The Bertz CT molecular complexity index is 702. The second-order valence-corrected chi connectivity index (χ2v) is 5.94. The Morgan fingerprint density at radius 2 is 1.73 bits per heavy atom. The van der Waals surface area contributed by atoms with E-state index in [1.54, 1.807) is 35.4 Å². The summed E-state index contributed by atoms with van der Waals surface area (Å²) in [5.41, 5.74) is 1.03. The third-order valence-electron chi connectivity index (χ3n) is 4.15. The van der Waals surface area contributed by atoms with Gasteiger partial charge in [0, 0.05) is 51.2 Å². The maximum Gasteiger partial charge on any atom is 0.266 e. The first kappa shape index (κ1) is 19.3. The standard InChI is InChI=1S/C20H23FN4O/c1-3-9-23(10-4-2)16-17(15-22)20(26)25-13-11-24(12-14-25)19-7-5-18(21)6-8-19/h3-8,16H,1-2,9-14H2/b17-16-. The van der Waals surface area contributed by atoms with Crippen LogP contribution in [0, 0.1) is 17.1 Å². The molecule has 0 saturated carbocycles. The zero-order chi connectivity index (χ0) is 18.9. The highest BCUT2D eigenvalue weighted by Crippen LogP contribution is 2.17. The summed E-state index contributed by atoms with van der Waals surface area (Å²) >= 11 is 0. The van der Waals surface area contributed by atoms with Gasteiger partial charge in [0.05, 0.1) is 0 Å². The van der Waals surface area contributed by atoms with Crippen LogP contribution in [0.15, 0.2) is 61.3 Å². The smallest absolute Gasteiger partial charge is 0.266 e. The fourth-order valence-electron chi connectivity index (χ4n) is 2.82. The molecule has 0 radical (unpaired) electrons. The number of carbonyl (C=O) groups is 1. The predicted octanol–water partition coefficient (Wildman–Crippen LogP) is 2.56. The second-order valence-electron chi connectivity index (χ2n) is 5.94. The van der Waals surface area contributed by atoms with Gasteiger partial charge in [0.2, 0.25) is 0 Å². The van der Waals surface area contributed by atoms with Crippen LogP contribution in [0.4, 0.5) is 10.1 Å². The minimum atomic E-state index is -0.274. The minimum Gasteiger partial charge on any atom is -0.369 e. The summed E-state index contributed by atoms with van der Waals surface area (Å²) in [6, 6.07) is 8.32. The van der Waals surface area contributed by atoms with Crippen LogP contribution in [0.25, 0.3) is 0 Å². The lowest BCUT2D eigenvalue weighted by molar-refractivity contribution is -0.127. The first-order chi connectivity index (χ1) is 12.6. The lowest BCUT2D eigenvalue weighted by atomic mass is 10.2. The highest BCUT2D eigenvalue weighted by molar-refractivity contribution is 5.97. The number of nitriles is 1. The van der Waals surface area contributed by atoms with E-state index in [0.717, 1.165) is 5.69 Å². The van der Waals surface area contributed by atoms with Gasteiger partial charge in [-0.25, -0.2) is 4.39 Å². The molecular weight excluding hydrogens is 331 g/mol. The van der Waals surface area contributed by atoms with Crippen molar-refractivity contribution in [1.82, 2.24) is 9.80 Å². The van der Waals surface area contributed by atoms with Crippen LogP contribution in [0.1, 0.15) is 0 Å². The van der Waals surface area contributed by atoms with E-state index in [0.29, 0.717) is 39.3 Å². The summed E-state index contributed by atoms with van der Waals surface area (Å²) in [5.74, 6) is -0.542. The van der Waals surface area contributed by atoms with Crippen molar-refractivity contribution in [1.29, 1.82) is 5.26 Å². The molecule has 6 heteroatoms. The summed E-state index contributed by atoms with van der Waals surface area (Å²) in [5, 5.41) is 9.38. The summed E-state index contributed by atoms with van der Waals surface area (Å²) in [7, 11) is 0. The molecule has 2 rings (SSSR count). The third-order valence-corrected chi connectivity index (χ3v) is 4.15. The number of piperazine rings is 1. The van der Waals surface area contributed by atoms with E-state index in [-0.39, 0.29) is 17.3 Å². The Morgan fingerprint density at radius 3 is 2.23 bits per heavy atom. The number of rotatable bonds is 7. The summed E-state index contributed by atoms with van der Waals surface area (Å²) in [4.78, 5) is 18.2. The molecule has 0 spiro atoms. The molecule has 1 saturated heterocycles. The zero-order valence-electron chi connectivity index (χ0n) is 14.8. The van der Waals surface area contributed by atoms with Gasteiger partial charge < -0.3 is 14.7 Å². The molecule has 0 aromatic heterocycles. The Morgan fingerprint density at radius 1 is 1.15 bits per heavy atom. The van der Waals surface area contributed by atoms with E-state index in [4.69, 9.17) is 0 Å². The maximum absolute atomic E-state index is 13.0. The number of carbonyl (C=O) groups excluding carboxylic acids is 1. The molecule has 5 nitrogen and oxygen atoms in total. The van der Waals surface area contributed by atoms with Crippen molar-refractivity contribution in [3.8, 4) is 6.07 Å². The number of benzene rings is 1. The molecule has 0 N–H and O–H groups in total. The van der Waals surface area contributed by atoms with E-state index in [2.05, 4.69) is 18.1 Å². The van der Waals surface area contributed by atoms with Crippen LogP contribution in [-0.4, -0.2) is 55.0 Å². The third kappa shape index (κ3) is 4.96. The molecule has 0 aliphatic carbocycles. The first-order valence-electron chi connectivity index (χ1n) is 8.46. The lowest BCUT2D eigenvalue weighted by Crippen LogP contribution is -2.49. The number of hydrogen-bond donors (Lipinski definition) is 0. The number of anilines is 1. The van der Waals surface area contributed by atoms with E-state index >= 15 is 0 Å². The van der Waals surface area contributed by atoms with E-state index in [1.807, 2.05) is 11.0 Å². The number of amides is 1. The molecule has 0 unspecified atom stereocenters. The molecule has 0 atom stereocenters. The Balaban J connectivity index is 2.01. The monoisotopic (exact) mass is 354 g/mol. The average Bonchev–Trinajstić information content (AvgIpc) is 2.66. The fourth-order valence-corrected chi connectivity index (χ4v) is 2.82. The van der Waals surface area contributed by atoms with Crippen LogP contribution < -0.4 is 4.90 Å². The van der Waals surface area contributed by atoms with Gasteiger partial charge in [0.25, 0.3) is 5.91 Å². The number of nitrogens with zero attached hydrogens (tertiary/aromatic N) is 4. The van der Waals surface area contributed by atoms with Crippen LogP contribution in [-0.2, 0) is 4.79 Å². The van der Waals surface area contributed by atoms with Gasteiger partial charge in [-0.1, -0.05) is 12.2 Å². The predicted molar refractivity (Wildman–Crippen MR) is 101 cm³/mol. The maximum atomic E-state index is 13.0. The molecule has 0 bridgehead atoms. The molecular formula is C20H23FN4O. The highest BCUT2D eigenvalue weighted by Gasteiger charge is 2.24. The van der Waals surface area contributed by atoms with Gasteiger partial charge in [-0.3, -0.25) is 4.79 Å². The van der Waals surface area contributed by atoms with Crippen LogP contribution in [0.2, 0.25) is 0 Å². The Kier molecular flexibility index (Phi) is 6.98. The summed E-state index contributed by atoms with van der Waals surface area (Å²) in [6.07, 6.45) is 4.99. The molecule has 136 valence electrons. The van der Waals surface area contributed by atoms with Gasteiger partial charge >= 0.3 is 0 Å². The van der Waals surface area contributed by atoms with E-state index < -0.39 is 0 Å². The molecule has 1 aliphatic rings. The van der Waals surface area contributed by atoms with Crippen LogP contribution >= 0.6 is 0 Å². The van der Waals surface area contributed by atoms with Crippen molar-refractivity contribution in [3.63, 3.8) is 0 Å². The number of halogens is 1. The lowest BCUT2D eigenvalue weighted by Gasteiger charge is -2.36. The fraction of sp³-hybridized carbons (Fsp3) is 0.300. The van der Waals surface area contributed by atoms with Crippen molar-refractivity contribution >= 4 is 11.6 Å². The van der Waals surface area contributed by atoms with Crippen molar-refractivity contribution < 1.29 is 9.18 Å². The number of hydrogen-bond acceptors (Lipinski definition) is 4. The van der Waals surface area contributed by atoms with Gasteiger partial charge in [0.1, 0.15) is 17.5 Å². The Hall–Kier alpha value is -3.07. The molecule has 1 aliphatic heterocycles. The summed E-state index contributed by atoms with van der Waals surface area (Å²) < 4.78 is 13.0. The average molecular weight is 354 g/mol. The van der Waals surface area contributed by atoms with Crippen molar-refractivity contribution in [2.24, 2.45) is 0 Å². The van der Waals surface area contributed by atoms with E-state index in [1.165, 1.54) is 12.1 Å². The normalized spacial score (nSPS) is 14.5. The minimum absolute atomic E-state index is 0.101. The first-order valence-corrected chi connectivity index (χ1v) is 8.46. The van der Waals surface area contributed by atoms with Gasteiger partial charge in [0.15, 0.2) is 0 Å². The molecule has 1 aromatic carbocycles. The Labute approximate surface area is 153 Å². The molecule has 1 aromatic rings. The van der Waals surface area contributed by atoms with Crippen molar-refractivity contribution in [3.05, 3.63) is 67.2 Å². The largest absolute Gasteiger partial charge is 0.369 e. The van der Waals surface area contributed by atoms with Crippen molar-refractivity contribution in [2.45, 2.75) is 0 Å². The molecule has 1 fully saturated rings. The zero-order valence-corrected chi connectivity index (χ0v) is 14.8. The second kappa shape index (κ2) is 9.42. The molecule has 1 amide bonds. The van der Waals surface area contributed by atoms with Crippen LogP contribution in [0.3, 0.4) is 0 Å². The van der Waals surface area contributed by atoms with Crippen molar-refractivity contribution in [2.75, 3.05) is 44.2 Å². The summed E-state index contributed by atoms with van der Waals surface area (Å²) in [6.45, 7) is 10.7. The SMILES string of the molecule is C=CCN(/C=C(/C#N)C(=O)N1CCN(c2ccc(F)cc2)CC1)CC=C. The van der Waals surface area contributed by atoms with Gasteiger partial charge in [-0.2, -0.15) is 5.26 Å². The van der Waals surface area contributed by atoms with Gasteiger partial charge in [-0.05, 0) is 24.3 Å². The highest BCUT2D eigenvalue weighted by atomic mass is 19.1. The molecule has 1 heterocycles. The quantitative estimate of drug-likeness (QED) is 0.429. The van der Waals surface area contributed by atoms with E-state index in [9.17, 15) is 14.4 Å². The van der Waals surface area contributed by atoms with Gasteiger partial charge in [-0.15, -0.1) is 13.2 Å². The topological polar surface area (TPSA) is 50.6 Å².